The molecule has 0 aliphatic carbocycles. The van der Waals surface area contributed by atoms with Gasteiger partial charge >= 0.3 is 0 Å². The van der Waals surface area contributed by atoms with Gasteiger partial charge in [-0.05, 0) is 12.5 Å². The van der Waals surface area contributed by atoms with E-state index in [1.54, 1.807) is 0 Å². The molecule has 1 N–H and O–H groups in total. The fraction of sp³-hybridized carbons (Fsp3) is 0.444. The SMILES string of the molecule is COc1ncc(C(F)F)c(C)c1CO. The zero-order chi connectivity index (χ0) is 10.7. The number of aromatic nitrogens is 1. The summed E-state index contributed by atoms with van der Waals surface area (Å²) in [7, 11) is 1.38. The fourth-order valence-corrected chi connectivity index (χ4v) is 1.22. The number of rotatable bonds is 3. The Labute approximate surface area is 80.3 Å². The van der Waals surface area contributed by atoms with Gasteiger partial charge in [0.2, 0.25) is 5.88 Å². The second kappa shape index (κ2) is 4.32. The summed E-state index contributed by atoms with van der Waals surface area (Å²) in [4.78, 5) is 3.69. The Bertz CT molecular complexity index is 329. The lowest BCUT2D eigenvalue weighted by Crippen LogP contribution is -2.02. The van der Waals surface area contributed by atoms with E-state index in [9.17, 15) is 8.78 Å². The number of nitrogens with zero attached hydrogens (tertiary/aromatic N) is 1. The van der Waals surface area contributed by atoms with Crippen LogP contribution in [0.15, 0.2) is 6.20 Å². The molecule has 0 spiro atoms. The summed E-state index contributed by atoms with van der Waals surface area (Å²) >= 11 is 0. The van der Waals surface area contributed by atoms with Crippen molar-refractivity contribution in [1.29, 1.82) is 0 Å². The van der Waals surface area contributed by atoms with E-state index in [0.717, 1.165) is 6.20 Å². The molecule has 3 nitrogen and oxygen atoms in total. The summed E-state index contributed by atoms with van der Waals surface area (Å²) in [6.45, 7) is 1.15. The predicted octanol–water partition coefficient (Wildman–Crippen LogP) is 1.83. The van der Waals surface area contributed by atoms with E-state index in [1.807, 2.05) is 0 Å². The standard InChI is InChI=1S/C9H11F2NO2/c1-5-6(8(10)11)3-12-9(14-2)7(5)4-13/h3,8,13H,4H2,1-2H3. The van der Waals surface area contributed by atoms with Gasteiger partial charge in [0.15, 0.2) is 0 Å². The molecule has 0 saturated carbocycles. The first-order chi connectivity index (χ1) is 6.61. The first kappa shape index (κ1) is 10.8. The second-order valence-electron chi connectivity index (χ2n) is 2.79. The Morgan fingerprint density at radius 1 is 1.57 bits per heavy atom. The maximum absolute atomic E-state index is 12.4. The third-order valence-electron chi connectivity index (χ3n) is 2.05. The van der Waals surface area contributed by atoms with Crippen LogP contribution in [0.4, 0.5) is 8.78 Å². The second-order valence-corrected chi connectivity index (χ2v) is 2.79. The Morgan fingerprint density at radius 3 is 2.64 bits per heavy atom. The molecule has 1 aromatic rings. The lowest BCUT2D eigenvalue weighted by atomic mass is 10.1. The molecule has 0 amide bonds. The van der Waals surface area contributed by atoms with E-state index in [1.165, 1.54) is 14.0 Å². The molecule has 0 fully saturated rings. The quantitative estimate of drug-likeness (QED) is 0.814. The summed E-state index contributed by atoms with van der Waals surface area (Å²) in [6, 6.07) is 0. The van der Waals surface area contributed by atoms with E-state index >= 15 is 0 Å². The Morgan fingerprint density at radius 2 is 2.21 bits per heavy atom. The van der Waals surface area contributed by atoms with Crippen LogP contribution < -0.4 is 4.74 Å². The van der Waals surface area contributed by atoms with Crippen LogP contribution >= 0.6 is 0 Å². The normalized spacial score (nSPS) is 10.7. The summed E-state index contributed by atoms with van der Waals surface area (Å²) in [5.74, 6) is 0.189. The Hall–Kier alpha value is -1.23. The van der Waals surface area contributed by atoms with Crippen molar-refractivity contribution in [3.05, 3.63) is 22.9 Å². The maximum atomic E-state index is 12.4. The summed E-state index contributed by atoms with van der Waals surface area (Å²) in [5, 5.41) is 8.97. The van der Waals surface area contributed by atoms with Crippen LogP contribution in [0.5, 0.6) is 5.88 Å². The molecule has 5 heteroatoms. The molecule has 0 bridgehead atoms. The number of hydrogen-bond acceptors (Lipinski definition) is 3. The zero-order valence-corrected chi connectivity index (χ0v) is 7.92. The number of methoxy groups -OCH3 is 1. The molecule has 0 saturated heterocycles. The highest BCUT2D eigenvalue weighted by atomic mass is 19.3. The van der Waals surface area contributed by atoms with Crippen LogP contribution in [0.1, 0.15) is 23.1 Å². The Kier molecular flexibility index (Phi) is 3.35. The van der Waals surface area contributed by atoms with Crippen molar-refractivity contribution in [2.45, 2.75) is 20.0 Å². The van der Waals surface area contributed by atoms with Gasteiger partial charge in [-0.25, -0.2) is 13.8 Å². The molecule has 0 atom stereocenters. The van der Waals surface area contributed by atoms with Crippen LogP contribution in [0.3, 0.4) is 0 Å². The van der Waals surface area contributed by atoms with Gasteiger partial charge in [-0.1, -0.05) is 0 Å². The van der Waals surface area contributed by atoms with Crippen molar-refractivity contribution < 1.29 is 18.6 Å². The number of aliphatic hydroxyl groups excluding tert-OH is 1. The smallest absolute Gasteiger partial charge is 0.265 e. The molecule has 1 heterocycles. The predicted molar refractivity (Wildman–Crippen MR) is 46.4 cm³/mol. The lowest BCUT2D eigenvalue weighted by Gasteiger charge is -2.11. The van der Waals surface area contributed by atoms with E-state index < -0.39 is 6.43 Å². The summed E-state index contributed by atoms with van der Waals surface area (Å²) in [6.07, 6.45) is -1.52. The van der Waals surface area contributed by atoms with Gasteiger partial charge in [-0.2, -0.15) is 0 Å². The maximum Gasteiger partial charge on any atom is 0.265 e. The van der Waals surface area contributed by atoms with Crippen LogP contribution in [0.25, 0.3) is 0 Å². The molecule has 0 aliphatic rings. The van der Waals surface area contributed by atoms with Gasteiger partial charge in [0.25, 0.3) is 6.43 Å². The van der Waals surface area contributed by atoms with Gasteiger partial charge in [0.1, 0.15) is 0 Å². The highest BCUT2D eigenvalue weighted by Crippen LogP contribution is 2.28. The monoisotopic (exact) mass is 203 g/mol. The van der Waals surface area contributed by atoms with Crippen LogP contribution in [-0.4, -0.2) is 17.2 Å². The number of ether oxygens (including phenoxy) is 1. The third-order valence-corrected chi connectivity index (χ3v) is 2.05. The first-order valence-corrected chi connectivity index (χ1v) is 4.03. The molecule has 14 heavy (non-hydrogen) atoms. The molecule has 0 aliphatic heterocycles. The van der Waals surface area contributed by atoms with Crippen molar-refractivity contribution in [1.82, 2.24) is 4.98 Å². The van der Waals surface area contributed by atoms with E-state index in [2.05, 4.69) is 4.98 Å². The highest BCUT2D eigenvalue weighted by Gasteiger charge is 2.17. The molecule has 0 radical (unpaired) electrons. The minimum Gasteiger partial charge on any atom is -0.481 e. The fourth-order valence-electron chi connectivity index (χ4n) is 1.22. The zero-order valence-electron chi connectivity index (χ0n) is 7.92. The first-order valence-electron chi connectivity index (χ1n) is 4.03. The van der Waals surface area contributed by atoms with Gasteiger partial charge in [-0.3, -0.25) is 0 Å². The van der Waals surface area contributed by atoms with E-state index in [4.69, 9.17) is 9.84 Å². The summed E-state index contributed by atoms with van der Waals surface area (Å²) in [5.41, 5.74) is 0.467. The van der Waals surface area contributed by atoms with Gasteiger partial charge in [0.05, 0.1) is 13.7 Å². The van der Waals surface area contributed by atoms with E-state index in [0.29, 0.717) is 11.1 Å². The molecule has 0 aromatic carbocycles. The molecule has 78 valence electrons. The number of pyridine rings is 1. The molecule has 1 aromatic heterocycles. The van der Waals surface area contributed by atoms with Crippen molar-refractivity contribution in [3.8, 4) is 5.88 Å². The molecule has 0 unspecified atom stereocenters. The van der Waals surface area contributed by atoms with Crippen molar-refractivity contribution in [2.75, 3.05) is 7.11 Å². The topological polar surface area (TPSA) is 42.4 Å². The highest BCUT2D eigenvalue weighted by molar-refractivity contribution is 5.39. The van der Waals surface area contributed by atoms with Crippen LogP contribution in [-0.2, 0) is 6.61 Å². The lowest BCUT2D eigenvalue weighted by molar-refractivity contribution is 0.149. The van der Waals surface area contributed by atoms with Crippen LogP contribution in [0.2, 0.25) is 0 Å². The average Bonchev–Trinajstić information content (AvgIpc) is 2.16. The van der Waals surface area contributed by atoms with Crippen molar-refractivity contribution >= 4 is 0 Å². The van der Waals surface area contributed by atoms with Crippen molar-refractivity contribution in [2.24, 2.45) is 0 Å². The van der Waals surface area contributed by atoms with Crippen LogP contribution in [0, 0.1) is 6.92 Å². The van der Waals surface area contributed by atoms with Gasteiger partial charge < -0.3 is 9.84 Å². The molecule has 1 rings (SSSR count). The van der Waals surface area contributed by atoms with E-state index in [-0.39, 0.29) is 18.1 Å². The minimum absolute atomic E-state index is 0.171. The molecular formula is C9H11F2NO2. The Balaban J connectivity index is 3.27. The number of halogens is 2. The van der Waals surface area contributed by atoms with Crippen molar-refractivity contribution in [3.63, 3.8) is 0 Å². The molecular weight excluding hydrogens is 192 g/mol. The third kappa shape index (κ3) is 1.82. The minimum atomic E-state index is -2.58. The number of alkyl halides is 2. The summed E-state index contributed by atoms with van der Waals surface area (Å²) < 4.78 is 29.7. The van der Waals surface area contributed by atoms with Gasteiger partial charge in [-0.15, -0.1) is 0 Å². The van der Waals surface area contributed by atoms with Gasteiger partial charge in [0, 0.05) is 17.3 Å². The number of hydrogen-bond donors (Lipinski definition) is 1. The average molecular weight is 203 g/mol. The largest absolute Gasteiger partial charge is 0.481 e. The number of aliphatic hydroxyl groups is 1.